The predicted octanol–water partition coefficient (Wildman–Crippen LogP) is 4.34. The monoisotopic (exact) mass is 258 g/mol. The van der Waals surface area contributed by atoms with Crippen LogP contribution >= 0.6 is 0 Å². The second-order valence-electron chi connectivity index (χ2n) is 5.29. The van der Waals surface area contributed by atoms with Gasteiger partial charge in [-0.3, -0.25) is 0 Å². The van der Waals surface area contributed by atoms with Crippen LogP contribution in [0.2, 0.25) is 0 Å². The van der Waals surface area contributed by atoms with Crippen molar-refractivity contribution >= 4 is 0 Å². The Morgan fingerprint density at radius 2 is 1.56 bits per heavy atom. The molecule has 1 rings (SSSR count). The summed E-state index contributed by atoms with van der Waals surface area (Å²) in [6, 6.07) is 4.54. The summed E-state index contributed by atoms with van der Waals surface area (Å²) in [5.74, 6) is 0. The van der Waals surface area contributed by atoms with E-state index in [-0.39, 0.29) is 5.41 Å². The summed E-state index contributed by atoms with van der Waals surface area (Å²) in [6.45, 7) is 5.93. The fourth-order valence-corrected chi connectivity index (χ4v) is 1.36. The minimum atomic E-state index is -4.34. The van der Waals surface area contributed by atoms with E-state index in [1.54, 1.807) is 6.08 Å². The first-order valence-electron chi connectivity index (χ1n) is 5.64. The average molecular weight is 258 g/mol. The number of alkyl halides is 3. The van der Waals surface area contributed by atoms with E-state index in [9.17, 15) is 18.3 Å². The Morgan fingerprint density at radius 1 is 1.06 bits per heavy atom. The maximum atomic E-state index is 12.3. The lowest BCUT2D eigenvalue weighted by molar-refractivity contribution is -0.137. The first-order chi connectivity index (χ1) is 8.09. The fraction of sp³-hybridized carbons (Fsp3) is 0.429. The molecule has 0 aliphatic carbocycles. The zero-order chi connectivity index (χ0) is 14.0. The summed E-state index contributed by atoms with van der Waals surface area (Å²) < 4.78 is 37.0. The molecule has 0 saturated carbocycles. The van der Waals surface area contributed by atoms with Crippen LogP contribution in [-0.4, -0.2) is 5.11 Å². The Labute approximate surface area is 105 Å². The second kappa shape index (κ2) is 5.14. The SMILES string of the molecule is CC(C)(C)C=CC(O)c1ccc(C(F)(F)F)cc1. The largest absolute Gasteiger partial charge is 0.416 e. The molecule has 0 bridgehead atoms. The van der Waals surface area contributed by atoms with Crippen molar-refractivity contribution in [2.45, 2.75) is 33.1 Å². The van der Waals surface area contributed by atoms with Crippen molar-refractivity contribution < 1.29 is 18.3 Å². The van der Waals surface area contributed by atoms with Gasteiger partial charge in [0.15, 0.2) is 0 Å². The van der Waals surface area contributed by atoms with E-state index in [0.717, 1.165) is 12.1 Å². The highest BCUT2D eigenvalue weighted by molar-refractivity contribution is 5.28. The molecule has 100 valence electrons. The van der Waals surface area contributed by atoms with Crippen molar-refractivity contribution in [2.75, 3.05) is 0 Å². The smallest absolute Gasteiger partial charge is 0.384 e. The van der Waals surface area contributed by atoms with Crippen LogP contribution in [0.15, 0.2) is 36.4 Å². The van der Waals surface area contributed by atoms with Crippen molar-refractivity contribution in [3.63, 3.8) is 0 Å². The van der Waals surface area contributed by atoms with Gasteiger partial charge < -0.3 is 5.11 Å². The highest BCUT2D eigenvalue weighted by Gasteiger charge is 2.30. The Balaban J connectivity index is 2.83. The van der Waals surface area contributed by atoms with Crippen LogP contribution in [0.1, 0.15) is 38.0 Å². The summed E-state index contributed by atoms with van der Waals surface area (Å²) in [4.78, 5) is 0. The van der Waals surface area contributed by atoms with Gasteiger partial charge in [-0.25, -0.2) is 0 Å². The summed E-state index contributed by atoms with van der Waals surface area (Å²) in [5.41, 5.74) is -0.339. The minimum Gasteiger partial charge on any atom is -0.384 e. The van der Waals surface area contributed by atoms with E-state index in [2.05, 4.69) is 0 Å². The van der Waals surface area contributed by atoms with Crippen LogP contribution in [0.4, 0.5) is 13.2 Å². The van der Waals surface area contributed by atoms with Crippen LogP contribution in [0.25, 0.3) is 0 Å². The van der Waals surface area contributed by atoms with E-state index < -0.39 is 17.8 Å². The molecular formula is C14H17F3O. The molecule has 0 aliphatic heterocycles. The molecule has 0 saturated heterocycles. The number of hydrogen-bond acceptors (Lipinski definition) is 1. The number of aliphatic hydroxyl groups is 1. The van der Waals surface area contributed by atoms with E-state index >= 15 is 0 Å². The molecule has 0 radical (unpaired) electrons. The number of hydrogen-bond donors (Lipinski definition) is 1. The number of rotatable bonds is 2. The van der Waals surface area contributed by atoms with E-state index in [1.165, 1.54) is 12.1 Å². The summed E-state index contributed by atoms with van der Waals surface area (Å²) in [7, 11) is 0. The van der Waals surface area contributed by atoms with Gasteiger partial charge in [-0.15, -0.1) is 0 Å². The van der Waals surface area contributed by atoms with E-state index in [4.69, 9.17) is 0 Å². The first-order valence-corrected chi connectivity index (χ1v) is 5.64. The Bertz CT molecular complexity index is 410. The highest BCUT2D eigenvalue weighted by atomic mass is 19.4. The van der Waals surface area contributed by atoms with Crippen LogP contribution < -0.4 is 0 Å². The first kappa shape index (κ1) is 14.8. The van der Waals surface area contributed by atoms with Crippen molar-refractivity contribution in [2.24, 2.45) is 5.41 Å². The lowest BCUT2D eigenvalue weighted by Crippen LogP contribution is -2.05. The molecule has 1 aromatic rings. The average Bonchev–Trinajstić information content (AvgIpc) is 2.24. The molecule has 1 unspecified atom stereocenters. The maximum Gasteiger partial charge on any atom is 0.416 e. The molecule has 0 amide bonds. The van der Waals surface area contributed by atoms with Crippen molar-refractivity contribution in [1.82, 2.24) is 0 Å². The fourth-order valence-electron chi connectivity index (χ4n) is 1.36. The van der Waals surface area contributed by atoms with Crippen molar-refractivity contribution in [1.29, 1.82) is 0 Å². The minimum absolute atomic E-state index is 0.0765. The van der Waals surface area contributed by atoms with Crippen LogP contribution in [-0.2, 0) is 6.18 Å². The number of aliphatic hydroxyl groups excluding tert-OH is 1. The molecule has 0 heterocycles. The van der Waals surface area contributed by atoms with Crippen LogP contribution in [0.5, 0.6) is 0 Å². The number of benzene rings is 1. The van der Waals surface area contributed by atoms with Gasteiger partial charge in [0.1, 0.15) is 0 Å². The van der Waals surface area contributed by atoms with Gasteiger partial charge in [0.05, 0.1) is 11.7 Å². The zero-order valence-corrected chi connectivity index (χ0v) is 10.6. The van der Waals surface area contributed by atoms with Crippen molar-refractivity contribution in [3.8, 4) is 0 Å². The summed E-state index contributed by atoms with van der Waals surface area (Å²) in [6.07, 6.45) is -1.81. The third-order valence-electron chi connectivity index (χ3n) is 2.36. The zero-order valence-electron chi connectivity index (χ0n) is 10.6. The molecule has 18 heavy (non-hydrogen) atoms. The lowest BCUT2D eigenvalue weighted by atomic mass is 9.94. The predicted molar refractivity (Wildman–Crippen MR) is 65.0 cm³/mol. The third-order valence-corrected chi connectivity index (χ3v) is 2.36. The second-order valence-corrected chi connectivity index (χ2v) is 5.29. The molecule has 1 atom stereocenters. The Kier molecular flexibility index (Phi) is 4.22. The van der Waals surface area contributed by atoms with E-state index in [1.807, 2.05) is 26.8 Å². The Morgan fingerprint density at radius 3 is 1.94 bits per heavy atom. The number of allylic oxidation sites excluding steroid dienone is 1. The van der Waals surface area contributed by atoms with Gasteiger partial charge in [0.25, 0.3) is 0 Å². The van der Waals surface area contributed by atoms with Gasteiger partial charge in [0.2, 0.25) is 0 Å². The van der Waals surface area contributed by atoms with Gasteiger partial charge >= 0.3 is 6.18 Å². The van der Waals surface area contributed by atoms with Crippen molar-refractivity contribution in [3.05, 3.63) is 47.5 Å². The van der Waals surface area contributed by atoms with Crippen LogP contribution in [0.3, 0.4) is 0 Å². The summed E-state index contributed by atoms with van der Waals surface area (Å²) in [5, 5.41) is 9.81. The van der Waals surface area contributed by atoms with Crippen LogP contribution in [0, 0.1) is 5.41 Å². The summed E-state index contributed by atoms with van der Waals surface area (Å²) >= 11 is 0. The maximum absolute atomic E-state index is 12.3. The molecular weight excluding hydrogens is 241 g/mol. The lowest BCUT2D eigenvalue weighted by Gasteiger charge is -2.14. The molecule has 0 aromatic heterocycles. The Hall–Kier alpha value is -1.29. The standard InChI is InChI=1S/C14H17F3O/c1-13(2,3)9-8-12(18)10-4-6-11(7-5-10)14(15,16)17/h4-9,12,18H,1-3H3. The topological polar surface area (TPSA) is 20.2 Å². The van der Waals surface area contributed by atoms with Gasteiger partial charge in [0, 0.05) is 0 Å². The quantitative estimate of drug-likeness (QED) is 0.782. The molecule has 1 nitrogen and oxygen atoms in total. The van der Waals surface area contributed by atoms with E-state index in [0.29, 0.717) is 5.56 Å². The molecule has 0 aliphatic rings. The van der Waals surface area contributed by atoms with Gasteiger partial charge in [-0.2, -0.15) is 13.2 Å². The molecule has 4 heteroatoms. The third kappa shape index (κ3) is 4.53. The number of halogens is 3. The highest BCUT2D eigenvalue weighted by Crippen LogP contribution is 2.30. The normalized spacial score (nSPS) is 15.1. The van der Waals surface area contributed by atoms with Gasteiger partial charge in [-0.05, 0) is 23.1 Å². The molecule has 0 spiro atoms. The molecule has 1 aromatic carbocycles. The molecule has 1 N–H and O–H groups in total. The van der Waals surface area contributed by atoms with Gasteiger partial charge in [-0.1, -0.05) is 45.1 Å². The molecule has 0 fully saturated rings.